The zero-order valence-corrected chi connectivity index (χ0v) is 20.8. The topological polar surface area (TPSA) is 82.5 Å². The number of amides is 2. The molecule has 9 heteroatoms. The second kappa shape index (κ2) is 10.1. The van der Waals surface area contributed by atoms with Crippen LogP contribution in [0.25, 0.3) is 11.0 Å². The third-order valence-electron chi connectivity index (χ3n) is 5.72. The Hall–Kier alpha value is -3.43. The Balaban J connectivity index is 1.23. The monoisotopic (exact) mass is 505 g/mol. The second-order valence-corrected chi connectivity index (χ2v) is 10.1. The average Bonchev–Trinajstić information content (AvgIpc) is 3.36. The lowest BCUT2D eigenvalue weighted by molar-refractivity contribution is -0.118. The number of thioether (sulfide) groups is 2. The SMILES string of the molecule is CSc1ccc(Oc2ccc3nc(COc4ccc(CC5SC(=O)NC5=O)cc4)n(C)c3c2)cc1. The van der Waals surface area contributed by atoms with E-state index in [0.717, 1.165) is 45.7 Å². The molecule has 4 aromatic rings. The molecule has 2 amide bonds. The predicted octanol–water partition coefficient (Wildman–Crippen LogP) is 5.56. The van der Waals surface area contributed by atoms with E-state index in [9.17, 15) is 9.59 Å². The van der Waals surface area contributed by atoms with E-state index in [1.807, 2.05) is 84.6 Å². The number of fused-ring (bicyclic) bond motifs is 1. The maximum absolute atomic E-state index is 11.8. The molecule has 1 N–H and O–H groups in total. The number of carbonyl (C=O) groups excluding carboxylic acids is 2. The number of rotatable bonds is 8. The molecule has 178 valence electrons. The summed E-state index contributed by atoms with van der Waals surface area (Å²) in [6, 6.07) is 21.4. The van der Waals surface area contributed by atoms with Crippen LogP contribution in [0.4, 0.5) is 4.79 Å². The average molecular weight is 506 g/mol. The van der Waals surface area contributed by atoms with Gasteiger partial charge in [-0.25, -0.2) is 4.98 Å². The lowest BCUT2D eigenvalue weighted by Crippen LogP contribution is -2.25. The van der Waals surface area contributed by atoms with Gasteiger partial charge in [0.15, 0.2) is 0 Å². The van der Waals surface area contributed by atoms with Crippen LogP contribution in [0.5, 0.6) is 17.2 Å². The van der Waals surface area contributed by atoms with Gasteiger partial charge in [-0.15, -0.1) is 11.8 Å². The van der Waals surface area contributed by atoms with E-state index in [-0.39, 0.29) is 16.4 Å². The molecule has 0 radical (unpaired) electrons. The molecule has 0 aliphatic carbocycles. The van der Waals surface area contributed by atoms with Gasteiger partial charge in [-0.1, -0.05) is 23.9 Å². The lowest BCUT2D eigenvalue weighted by atomic mass is 10.1. The minimum absolute atomic E-state index is 0.232. The largest absolute Gasteiger partial charge is 0.486 e. The van der Waals surface area contributed by atoms with Crippen LogP contribution in [0.15, 0.2) is 71.6 Å². The fourth-order valence-corrected chi connectivity index (χ4v) is 5.07. The molecule has 7 nitrogen and oxygen atoms in total. The van der Waals surface area contributed by atoms with E-state index >= 15 is 0 Å². The number of hydrogen-bond acceptors (Lipinski definition) is 7. The molecule has 5 rings (SSSR count). The van der Waals surface area contributed by atoms with Gasteiger partial charge in [-0.05, 0) is 66.8 Å². The maximum Gasteiger partial charge on any atom is 0.286 e. The smallest absolute Gasteiger partial charge is 0.286 e. The molecule has 0 saturated carbocycles. The molecule has 2 heterocycles. The zero-order valence-electron chi connectivity index (χ0n) is 19.2. The van der Waals surface area contributed by atoms with Crippen LogP contribution in [0, 0.1) is 0 Å². The lowest BCUT2D eigenvalue weighted by Gasteiger charge is -2.09. The summed E-state index contributed by atoms with van der Waals surface area (Å²) in [6.45, 7) is 0.312. The van der Waals surface area contributed by atoms with Crippen molar-refractivity contribution in [2.75, 3.05) is 6.26 Å². The highest BCUT2D eigenvalue weighted by molar-refractivity contribution is 8.15. The van der Waals surface area contributed by atoms with Crippen molar-refractivity contribution in [3.8, 4) is 17.2 Å². The molecule has 1 aliphatic heterocycles. The highest BCUT2D eigenvalue weighted by Gasteiger charge is 2.31. The van der Waals surface area contributed by atoms with Gasteiger partial charge in [0.25, 0.3) is 5.24 Å². The molecular weight excluding hydrogens is 482 g/mol. The Kier molecular flexibility index (Phi) is 6.70. The Morgan fingerprint density at radius 2 is 1.71 bits per heavy atom. The molecule has 1 saturated heterocycles. The highest BCUT2D eigenvalue weighted by atomic mass is 32.2. The molecule has 1 fully saturated rings. The first kappa shape index (κ1) is 23.3. The summed E-state index contributed by atoms with van der Waals surface area (Å²) in [4.78, 5) is 29.0. The van der Waals surface area contributed by atoms with Crippen LogP contribution in [-0.4, -0.2) is 32.2 Å². The Morgan fingerprint density at radius 1 is 1.00 bits per heavy atom. The van der Waals surface area contributed by atoms with Crippen LogP contribution >= 0.6 is 23.5 Å². The van der Waals surface area contributed by atoms with E-state index in [1.54, 1.807) is 11.8 Å². The van der Waals surface area contributed by atoms with E-state index in [4.69, 9.17) is 14.5 Å². The quantitative estimate of drug-likeness (QED) is 0.314. The van der Waals surface area contributed by atoms with Gasteiger partial charge in [0.05, 0.1) is 16.3 Å². The zero-order chi connectivity index (χ0) is 24.4. The fraction of sp³-hybridized carbons (Fsp3) is 0.192. The highest BCUT2D eigenvalue weighted by Crippen LogP contribution is 2.28. The number of nitrogens with zero attached hydrogens (tertiary/aromatic N) is 2. The first-order valence-corrected chi connectivity index (χ1v) is 13.1. The van der Waals surface area contributed by atoms with E-state index in [0.29, 0.717) is 18.8 Å². The Labute approximate surface area is 211 Å². The number of carbonyl (C=O) groups is 2. The number of hydrogen-bond donors (Lipinski definition) is 1. The number of ether oxygens (including phenoxy) is 2. The van der Waals surface area contributed by atoms with Gasteiger partial charge >= 0.3 is 0 Å². The fourth-order valence-electron chi connectivity index (χ4n) is 3.80. The summed E-state index contributed by atoms with van der Waals surface area (Å²) in [7, 11) is 1.96. The summed E-state index contributed by atoms with van der Waals surface area (Å²) in [6.07, 6.45) is 2.55. The molecule has 3 aromatic carbocycles. The van der Waals surface area contributed by atoms with Crippen LogP contribution < -0.4 is 14.8 Å². The number of nitrogens with one attached hydrogen (secondary N) is 1. The number of imidazole rings is 1. The normalized spacial score (nSPS) is 15.4. The molecule has 1 aromatic heterocycles. The molecule has 35 heavy (non-hydrogen) atoms. The van der Waals surface area contributed by atoms with Crippen molar-refractivity contribution >= 4 is 45.7 Å². The summed E-state index contributed by atoms with van der Waals surface area (Å²) in [5, 5.41) is 1.65. The predicted molar refractivity (Wildman–Crippen MR) is 138 cm³/mol. The van der Waals surface area contributed by atoms with Crippen molar-refractivity contribution < 1.29 is 19.1 Å². The van der Waals surface area contributed by atoms with Crippen molar-refractivity contribution in [3.05, 3.63) is 78.1 Å². The van der Waals surface area contributed by atoms with Crippen molar-refractivity contribution in [3.63, 3.8) is 0 Å². The van der Waals surface area contributed by atoms with Gasteiger partial charge < -0.3 is 14.0 Å². The van der Waals surface area contributed by atoms with E-state index in [2.05, 4.69) is 5.32 Å². The van der Waals surface area contributed by atoms with Gasteiger partial charge in [-0.2, -0.15) is 0 Å². The van der Waals surface area contributed by atoms with Crippen LogP contribution in [0.1, 0.15) is 11.4 Å². The summed E-state index contributed by atoms with van der Waals surface area (Å²) < 4.78 is 14.0. The van der Waals surface area contributed by atoms with E-state index in [1.165, 1.54) is 4.90 Å². The standard InChI is InChI=1S/C26H23N3O4S2/c1-29-22-14-19(33-18-7-10-20(34-2)11-8-18)9-12-21(22)27-24(29)15-32-17-5-3-16(4-6-17)13-23-25(30)28-26(31)35-23/h3-12,14,23H,13,15H2,1-2H3,(H,28,30,31). The van der Waals surface area contributed by atoms with Gasteiger partial charge in [0.1, 0.15) is 29.7 Å². The molecule has 1 aliphatic rings. The van der Waals surface area contributed by atoms with E-state index < -0.39 is 0 Å². The van der Waals surface area contributed by atoms with Crippen molar-refractivity contribution in [2.45, 2.75) is 23.2 Å². The molecule has 1 unspecified atom stereocenters. The number of imide groups is 1. The maximum atomic E-state index is 11.8. The minimum atomic E-state index is -0.377. The van der Waals surface area contributed by atoms with Gasteiger partial charge in [0.2, 0.25) is 5.91 Å². The second-order valence-electron chi connectivity index (χ2n) is 8.04. The first-order valence-electron chi connectivity index (χ1n) is 11.0. The molecule has 1 atom stereocenters. The molecule has 0 spiro atoms. The molecule has 0 bridgehead atoms. The molecular formula is C26H23N3O4S2. The summed E-state index contributed by atoms with van der Waals surface area (Å²) in [5.41, 5.74) is 2.80. The van der Waals surface area contributed by atoms with Gasteiger partial charge in [-0.3, -0.25) is 14.9 Å². The summed E-state index contributed by atoms with van der Waals surface area (Å²) in [5.74, 6) is 2.80. The van der Waals surface area contributed by atoms with Crippen molar-refractivity contribution in [2.24, 2.45) is 7.05 Å². The first-order chi connectivity index (χ1) is 17.0. The van der Waals surface area contributed by atoms with Crippen LogP contribution in [-0.2, 0) is 24.9 Å². The number of aromatic nitrogens is 2. The summed E-state index contributed by atoms with van der Waals surface area (Å²) >= 11 is 2.73. The van der Waals surface area contributed by atoms with Gasteiger partial charge in [0, 0.05) is 18.0 Å². The van der Waals surface area contributed by atoms with Crippen molar-refractivity contribution in [1.82, 2.24) is 14.9 Å². The number of benzene rings is 3. The third kappa shape index (κ3) is 5.31. The van der Waals surface area contributed by atoms with Crippen molar-refractivity contribution in [1.29, 1.82) is 0 Å². The van der Waals surface area contributed by atoms with Crippen LogP contribution in [0.3, 0.4) is 0 Å². The van der Waals surface area contributed by atoms with Crippen LogP contribution in [0.2, 0.25) is 0 Å². The number of aryl methyl sites for hydroxylation is 1. The Morgan fingerprint density at radius 3 is 2.40 bits per heavy atom. The minimum Gasteiger partial charge on any atom is -0.486 e. The Bertz CT molecular complexity index is 1380. The third-order valence-corrected chi connectivity index (χ3v) is 7.44.